The predicted molar refractivity (Wildman–Crippen MR) is 114 cm³/mol. The Hall–Kier alpha value is -2.69. The summed E-state index contributed by atoms with van der Waals surface area (Å²) in [5, 5.41) is 6.52. The smallest absolute Gasteiger partial charge is 0.179 e. The lowest BCUT2D eigenvalue weighted by atomic mass is 9.97. The van der Waals surface area contributed by atoms with Crippen LogP contribution in [0.2, 0.25) is 0 Å². The minimum absolute atomic E-state index is 0.0418. The molecule has 2 aromatic rings. The highest BCUT2D eigenvalue weighted by atomic mass is 19.1. The summed E-state index contributed by atoms with van der Waals surface area (Å²) in [5.74, 6) is 0.607. The number of aryl methyl sites for hydroxylation is 1. The standard InChI is InChI=1S/C24H29FN2O2/c1-3-4-7-16-27-23(20-8-5-6-9-21(20)25)17-22(26-27)24(28)15-12-18-10-13-19(29-2)14-11-18/h5-6,8-11,13-14,23H,3-4,7,12,15-17H2,1-2H3. The molecular formula is C24H29FN2O2. The zero-order valence-electron chi connectivity index (χ0n) is 17.2. The first kappa shape index (κ1) is 21.0. The second-order valence-electron chi connectivity index (χ2n) is 7.43. The first-order valence-electron chi connectivity index (χ1n) is 10.4. The van der Waals surface area contributed by atoms with Gasteiger partial charge in [0, 0.05) is 24.9 Å². The third-order valence-electron chi connectivity index (χ3n) is 5.37. The molecule has 1 aliphatic heterocycles. The average Bonchev–Trinajstić information content (AvgIpc) is 3.17. The predicted octanol–water partition coefficient (Wildman–Crippen LogP) is 5.33. The van der Waals surface area contributed by atoms with Crippen LogP contribution in [0, 0.1) is 5.82 Å². The van der Waals surface area contributed by atoms with Crippen molar-refractivity contribution in [3.63, 3.8) is 0 Å². The highest BCUT2D eigenvalue weighted by Gasteiger charge is 2.32. The quantitative estimate of drug-likeness (QED) is 0.510. The first-order chi connectivity index (χ1) is 14.1. The van der Waals surface area contributed by atoms with Gasteiger partial charge < -0.3 is 4.74 Å². The van der Waals surface area contributed by atoms with Crippen LogP contribution in [-0.4, -0.2) is 30.2 Å². The Morgan fingerprint density at radius 2 is 1.93 bits per heavy atom. The summed E-state index contributed by atoms with van der Waals surface area (Å²) in [4.78, 5) is 12.8. The molecule has 1 aliphatic rings. The van der Waals surface area contributed by atoms with Crippen molar-refractivity contribution in [3.8, 4) is 5.75 Å². The summed E-state index contributed by atoms with van der Waals surface area (Å²) < 4.78 is 19.6. The molecule has 1 unspecified atom stereocenters. The molecule has 2 aromatic carbocycles. The number of carbonyl (C=O) groups excluding carboxylic acids is 1. The maximum atomic E-state index is 14.4. The number of hydrogen-bond donors (Lipinski definition) is 0. The topological polar surface area (TPSA) is 41.9 Å². The van der Waals surface area contributed by atoms with Gasteiger partial charge in [0.1, 0.15) is 17.3 Å². The highest BCUT2D eigenvalue weighted by Crippen LogP contribution is 2.33. The summed E-state index contributed by atoms with van der Waals surface area (Å²) in [6, 6.07) is 14.4. The van der Waals surface area contributed by atoms with Crippen molar-refractivity contribution in [2.75, 3.05) is 13.7 Å². The fraction of sp³-hybridized carbons (Fsp3) is 0.417. The molecule has 0 N–H and O–H groups in total. The Bertz CT molecular complexity index is 848. The molecule has 154 valence electrons. The number of nitrogens with zero attached hydrogens (tertiary/aromatic N) is 2. The molecule has 0 bridgehead atoms. The summed E-state index contributed by atoms with van der Waals surface area (Å²) in [7, 11) is 1.63. The van der Waals surface area contributed by atoms with Crippen molar-refractivity contribution < 1.29 is 13.9 Å². The van der Waals surface area contributed by atoms with Gasteiger partial charge >= 0.3 is 0 Å². The lowest BCUT2D eigenvalue weighted by Crippen LogP contribution is -2.21. The van der Waals surface area contributed by atoms with Crippen LogP contribution in [-0.2, 0) is 11.2 Å². The number of hydrogen-bond acceptors (Lipinski definition) is 4. The Labute approximate surface area is 172 Å². The molecule has 0 radical (unpaired) electrons. The van der Waals surface area contributed by atoms with E-state index >= 15 is 0 Å². The Balaban J connectivity index is 1.67. The van der Waals surface area contributed by atoms with Gasteiger partial charge in [-0.05, 0) is 36.6 Å². The molecule has 1 atom stereocenters. The van der Waals surface area contributed by atoms with Gasteiger partial charge in [0.15, 0.2) is 5.78 Å². The third kappa shape index (κ3) is 5.43. The van der Waals surface area contributed by atoms with Crippen LogP contribution in [0.15, 0.2) is 53.6 Å². The molecule has 0 saturated heterocycles. The number of ketones is 1. The second-order valence-corrected chi connectivity index (χ2v) is 7.43. The number of methoxy groups -OCH3 is 1. The summed E-state index contributed by atoms with van der Waals surface area (Å²) in [5.41, 5.74) is 2.26. The molecule has 0 aromatic heterocycles. The van der Waals surface area contributed by atoms with Crippen LogP contribution >= 0.6 is 0 Å². The van der Waals surface area contributed by atoms with Crippen LogP contribution in [0.3, 0.4) is 0 Å². The molecule has 0 amide bonds. The maximum Gasteiger partial charge on any atom is 0.179 e. The molecule has 0 spiro atoms. The van der Waals surface area contributed by atoms with E-state index in [1.165, 1.54) is 6.07 Å². The number of Topliss-reactive ketones (excluding diaryl/α,β-unsaturated/α-hetero) is 1. The van der Waals surface area contributed by atoms with E-state index in [0.29, 0.717) is 30.5 Å². The number of rotatable bonds is 10. The molecule has 0 fully saturated rings. The van der Waals surface area contributed by atoms with Crippen LogP contribution in [0.5, 0.6) is 5.75 Å². The molecule has 0 saturated carbocycles. The maximum absolute atomic E-state index is 14.4. The Morgan fingerprint density at radius 1 is 1.17 bits per heavy atom. The average molecular weight is 397 g/mol. The zero-order chi connectivity index (χ0) is 20.6. The minimum atomic E-state index is -0.236. The minimum Gasteiger partial charge on any atom is -0.497 e. The van der Waals surface area contributed by atoms with Crippen molar-refractivity contribution in [2.45, 2.75) is 51.5 Å². The van der Waals surface area contributed by atoms with Crippen LogP contribution in [0.4, 0.5) is 4.39 Å². The summed E-state index contributed by atoms with van der Waals surface area (Å²) in [6.45, 7) is 2.89. The van der Waals surface area contributed by atoms with Crippen LogP contribution < -0.4 is 4.74 Å². The molecular weight excluding hydrogens is 367 g/mol. The number of benzene rings is 2. The fourth-order valence-corrected chi connectivity index (χ4v) is 3.66. The van der Waals surface area contributed by atoms with Gasteiger partial charge in [-0.15, -0.1) is 0 Å². The number of unbranched alkanes of at least 4 members (excludes halogenated alkanes) is 2. The number of hydrazone groups is 1. The van der Waals surface area contributed by atoms with Gasteiger partial charge in [-0.2, -0.15) is 5.10 Å². The number of halogens is 1. The van der Waals surface area contributed by atoms with Crippen LogP contribution in [0.1, 0.15) is 56.2 Å². The van der Waals surface area contributed by atoms with Gasteiger partial charge in [-0.3, -0.25) is 9.80 Å². The van der Waals surface area contributed by atoms with E-state index in [2.05, 4.69) is 12.0 Å². The summed E-state index contributed by atoms with van der Waals surface area (Å²) in [6.07, 6.45) is 4.71. The monoisotopic (exact) mass is 396 g/mol. The van der Waals surface area contributed by atoms with Crippen molar-refractivity contribution in [2.24, 2.45) is 5.10 Å². The number of ether oxygens (including phenoxy) is 1. The fourth-order valence-electron chi connectivity index (χ4n) is 3.66. The SMILES string of the molecule is CCCCCN1N=C(C(=O)CCc2ccc(OC)cc2)CC1c1ccccc1F. The largest absolute Gasteiger partial charge is 0.497 e. The normalized spacial score (nSPS) is 16.0. The molecule has 5 heteroatoms. The van der Waals surface area contributed by atoms with Gasteiger partial charge in [0.05, 0.1) is 13.2 Å². The lowest BCUT2D eigenvalue weighted by molar-refractivity contribution is -0.113. The third-order valence-corrected chi connectivity index (χ3v) is 5.37. The molecule has 3 rings (SSSR count). The van der Waals surface area contributed by atoms with E-state index in [1.54, 1.807) is 19.2 Å². The van der Waals surface area contributed by atoms with Gasteiger partial charge in [0.25, 0.3) is 0 Å². The lowest BCUT2D eigenvalue weighted by Gasteiger charge is -2.24. The van der Waals surface area contributed by atoms with Gasteiger partial charge in [0.2, 0.25) is 0 Å². The Morgan fingerprint density at radius 3 is 2.62 bits per heavy atom. The van der Waals surface area contributed by atoms with E-state index < -0.39 is 0 Å². The van der Waals surface area contributed by atoms with E-state index in [9.17, 15) is 9.18 Å². The molecule has 1 heterocycles. The van der Waals surface area contributed by atoms with Gasteiger partial charge in [-0.25, -0.2) is 4.39 Å². The highest BCUT2D eigenvalue weighted by molar-refractivity contribution is 6.40. The molecule has 4 nitrogen and oxygen atoms in total. The Kier molecular flexibility index (Phi) is 7.39. The molecule has 0 aliphatic carbocycles. The van der Waals surface area contributed by atoms with E-state index in [-0.39, 0.29) is 17.6 Å². The zero-order valence-corrected chi connectivity index (χ0v) is 17.2. The van der Waals surface area contributed by atoms with E-state index in [1.807, 2.05) is 35.3 Å². The second kappa shape index (κ2) is 10.2. The summed E-state index contributed by atoms with van der Waals surface area (Å²) >= 11 is 0. The van der Waals surface area contributed by atoms with Crippen molar-refractivity contribution in [1.82, 2.24) is 5.01 Å². The van der Waals surface area contributed by atoms with Crippen molar-refractivity contribution in [1.29, 1.82) is 0 Å². The van der Waals surface area contributed by atoms with Crippen molar-refractivity contribution >= 4 is 11.5 Å². The first-order valence-corrected chi connectivity index (χ1v) is 10.4. The number of carbonyl (C=O) groups is 1. The van der Waals surface area contributed by atoms with Crippen molar-refractivity contribution in [3.05, 3.63) is 65.5 Å². The molecule has 29 heavy (non-hydrogen) atoms. The van der Waals surface area contributed by atoms with E-state index in [0.717, 1.165) is 37.1 Å². The van der Waals surface area contributed by atoms with E-state index in [4.69, 9.17) is 4.74 Å². The van der Waals surface area contributed by atoms with Crippen LogP contribution in [0.25, 0.3) is 0 Å². The van der Waals surface area contributed by atoms with Gasteiger partial charge in [-0.1, -0.05) is 50.1 Å².